The second-order valence-electron chi connectivity index (χ2n) is 4.49. The second kappa shape index (κ2) is 6.66. The average molecular weight is 304 g/mol. The molecule has 2 aromatic carbocycles. The average Bonchev–Trinajstić information content (AvgIpc) is 2.49. The third-order valence-corrected chi connectivity index (χ3v) is 2.83. The topological polar surface area (TPSA) is 81.5 Å². The molecule has 0 bridgehead atoms. The Hall–Kier alpha value is -2.96. The van der Waals surface area contributed by atoms with Crippen molar-refractivity contribution in [1.29, 1.82) is 0 Å². The zero-order chi connectivity index (χ0) is 16.1. The van der Waals surface area contributed by atoms with Crippen LogP contribution in [-0.4, -0.2) is 16.9 Å². The van der Waals surface area contributed by atoms with E-state index in [1.165, 1.54) is 49.4 Å². The van der Waals surface area contributed by atoms with Gasteiger partial charge in [0.1, 0.15) is 0 Å². The van der Waals surface area contributed by atoms with Crippen LogP contribution in [0.1, 0.15) is 6.92 Å². The number of nitrogens with one attached hydrogen (secondary N) is 1. The largest absolute Gasteiger partial charge is 0.478 e. The number of benzene rings is 2. The third-order valence-electron chi connectivity index (χ3n) is 2.83. The molecule has 0 saturated carbocycles. The summed E-state index contributed by atoms with van der Waals surface area (Å²) >= 11 is 0. The predicted octanol–water partition coefficient (Wildman–Crippen LogP) is 3.14. The van der Waals surface area contributed by atoms with Crippen molar-refractivity contribution in [3.8, 4) is 5.75 Å². The Balaban J connectivity index is 2.04. The summed E-state index contributed by atoms with van der Waals surface area (Å²) in [5, 5.41) is 13.2. The number of hydrogen-bond acceptors (Lipinski definition) is 4. The highest BCUT2D eigenvalue weighted by Gasteiger charge is 2.17. The van der Waals surface area contributed by atoms with Crippen LogP contribution in [0.3, 0.4) is 0 Å². The van der Waals surface area contributed by atoms with Crippen LogP contribution in [0.5, 0.6) is 5.75 Å². The number of amides is 1. The van der Waals surface area contributed by atoms with Crippen LogP contribution < -0.4 is 10.1 Å². The lowest BCUT2D eigenvalue weighted by Crippen LogP contribution is -2.30. The maximum atomic E-state index is 13.5. The number of non-ortho nitro benzene ring substituents is 1. The molecule has 0 unspecified atom stereocenters. The first-order valence-electron chi connectivity index (χ1n) is 6.44. The van der Waals surface area contributed by atoms with Gasteiger partial charge in [0.2, 0.25) is 0 Å². The van der Waals surface area contributed by atoms with Gasteiger partial charge in [0.25, 0.3) is 11.6 Å². The van der Waals surface area contributed by atoms with Crippen molar-refractivity contribution in [3.05, 3.63) is 64.5 Å². The van der Waals surface area contributed by atoms with Crippen molar-refractivity contribution < 1.29 is 18.8 Å². The molecular weight excluding hydrogens is 291 g/mol. The molecule has 0 radical (unpaired) electrons. The first-order chi connectivity index (χ1) is 10.5. The number of nitro groups is 1. The summed E-state index contributed by atoms with van der Waals surface area (Å²) in [6.07, 6.45) is -0.962. The van der Waals surface area contributed by atoms with Crippen LogP contribution in [0.2, 0.25) is 0 Å². The number of ether oxygens (including phenoxy) is 1. The number of halogens is 1. The van der Waals surface area contributed by atoms with Gasteiger partial charge in [0.15, 0.2) is 17.7 Å². The molecule has 7 heteroatoms. The molecule has 114 valence electrons. The van der Waals surface area contributed by atoms with Crippen LogP contribution in [-0.2, 0) is 4.79 Å². The minimum atomic E-state index is -0.962. The molecule has 1 amide bonds. The molecule has 0 aliphatic carbocycles. The SMILES string of the molecule is C[C@H](Oc1ccccc1F)C(=O)Nc1cccc([N+](=O)[O-])c1. The minimum absolute atomic E-state index is 0.0378. The van der Waals surface area contributed by atoms with Gasteiger partial charge >= 0.3 is 0 Å². The van der Waals surface area contributed by atoms with E-state index in [0.717, 1.165) is 0 Å². The van der Waals surface area contributed by atoms with Crippen molar-refractivity contribution in [1.82, 2.24) is 0 Å². The number of rotatable bonds is 5. The molecule has 0 saturated heterocycles. The first-order valence-corrected chi connectivity index (χ1v) is 6.44. The number of carbonyl (C=O) groups excluding carboxylic acids is 1. The zero-order valence-corrected chi connectivity index (χ0v) is 11.7. The van der Waals surface area contributed by atoms with Gasteiger partial charge in [-0.3, -0.25) is 14.9 Å². The van der Waals surface area contributed by atoms with Crippen molar-refractivity contribution in [3.63, 3.8) is 0 Å². The van der Waals surface area contributed by atoms with Gasteiger partial charge in [-0.1, -0.05) is 18.2 Å². The molecular formula is C15H13FN2O4. The van der Waals surface area contributed by atoms with Crippen LogP contribution in [0.15, 0.2) is 48.5 Å². The monoisotopic (exact) mass is 304 g/mol. The van der Waals surface area contributed by atoms with Crippen LogP contribution >= 0.6 is 0 Å². The van der Waals surface area contributed by atoms with Gasteiger partial charge in [0.05, 0.1) is 4.92 Å². The molecule has 6 nitrogen and oxygen atoms in total. The number of carbonyl (C=O) groups is 1. The summed E-state index contributed by atoms with van der Waals surface area (Å²) in [4.78, 5) is 22.1. The van der Waals surface area contributed by atoms with Crippen molar-refractivity contribution in [2.45, 2.75) is 13.0 Å². The molecule has 0 fully saturated rings. The summed E-state index contributed by atoms with van der Waals surface area (Å²) in [6, 6.07) is 11.2. The maximum Gasteiger partial charge on any atom is 0.271 e. The van der Waals surface area contributed by atoms with E-state index in [1.807, 2.05) is 0 Å². The van der Waals surface area contributed by atoms with Crippen molar-refractivity contribution in [2.75, 3.05) is 5.32 Å². The van der Waals surface area contributed by atoms with E-state index in [4.69, 9.17) is 4.74 Å². The summed E-state index contributed by atoms with van der Waals surface area (Å²) in [5.41, 5.74) is 0.128. The van der Waals surface area contributed by atoms with Crippen molar-refractivity contribution >= 4 is 17.3 Å². The standard InChI is InChI=1S/C15H13FN2O4/c1-10(22-14-8-3-2-7-13(14)16)15(19)17-11-5-4-6-12(9-11)18(20)21/h2-10H,1H3,(H,17,19)/t10-/m0/s1. The fourth-order valence-electron chi connectivity index (χ4n) is 1.73. The number of para-hydroxylation sites is 1. The smallest absolute Gasteiger partial charge is 0.271 e. The molecule has 2 rings (SSSR count). The van der Waals surface area contributed by atoms with Gasteiger partial charge in [-0.2, -0.15) is 0 Å². The molecule has 1 N–H and O–H groups in total. The van der Waals surface area contributed by atoms with Gasteiger partial charge in [-0.15, -0.1) is 0 Å². The molecule has 2 aromatic rings. The van der Waals surface area contributed by atoms with E-state index in [1.54, 1.807) is 6.07 Å². The molecule has 22 heavy (non-hydrogen) atoms. The summed E-state index contributed by atoms with van der Waals surface area (Å²) < 4.78 is 18.7. The highest BCUT2D eigenvalue weighted by Crippen LogP contribution is 2.19. The summed E-state index contributed by atoms with van der Waals surface area (Å²) in [5.74, 6) is -1.15. The van der Waals surface area contributed by atoms with Gasteiger partial charge in [0, 0.05) is 17.8 Å². The van der Waals surface area contributed by atoms with Gasteiger partial charge < -0.3 is 10.1 Å². The highest BCUT2D eigenvalue weighted by atomic mass is 19.1. The normalized spacial score (nSPS) is 11.5. The Kier molecular flexibility index (Phi) is 4.67. The van der Waals surface area contributed by atoms with Crippen LogP contribution in [0.25, 0.3) is 0 Å². The zero-order valence-electron chi connectivity index (χ0n) is 11.7. The number of nitrogens with zero attached hydrogens (tertiary/aromatic N) is 1. The lowest BCUT2D eigenvalue weighted by Gasteiger charge is -2.15. The molecule has 1 atom stereocenters. The van der Waals surface area contributed by atoms with E-state index >= 15 is 0 Å². The van der Waals surface area contributed by atoms with E-state index in [0.29, 0.717) is 0 Å². The lowest BCUT2D eigenvalue weighted by atomic mass is 10.2. The van der Waals surface area contributed by atoms with E-state index in [2.05, 4.69) is 5.32 Å². The fourth-order valence-corrected chi connectivity index (χ4v) is 1.73. The Bertz CT molecular complexity index is 705. The van der Waals surface area contributed by atoms with E-state index in [9.17, 15) is 19.3 Å². The predicted molar refractivity (Wildman–Crippen MR) is 78.2 cm³/mol. The third kappa shape index (κ3) is 3.78. The lowest BCUT2D eigenvalue weighted by molar-refractivity contribution is -0.384. The maximum absolute atomic E-state index is 13.5. The number of nitro benzene ring substituents is 1. The first kappa shape index (κ1) is 15.4. The van der Waals surface area contributed by atoms with Crippen LogP contribution in [0, 0.1) is 15.9 Å². The van der Waals surface area contributed by atoms with Gasteiger partial charge in [-0.25, -0.2) is 4.39 Å². The van der Waals surface area contributed by atoms with Crippen LogP contribution in [0.4, 0.5) is 15.8 Å². The molecule has 0 heterocycles. The summed E-state index contributed by atoms with van der Waals surface area (Å²) in [6.45, 7) is 1.46. The molecule has 0 aromatic heterocycles. The molecule has 0 spiro atoms. The van der Waals surface area contributed by atoms with Crippen molar-refractivity contribution in [2.24, 2.45) is 0 Å². The molecule has 0 aliphatic heterocycles. The number of hydrogen-bond donors (Lipinski definition) is 1. The number of anilines is 1. The Labute approximate surface area is 125 Å². The molecule has 0 aliphatic rings. The Morgan fingerprint density at radius 3 is 2.68 bits per heavy atom. The minimum Gasteiger partial charge on any atom is -0.478 e. The quantitative estimate of drug-likeness (QED) is 0.679. The highest BCUT2D eigenvalue weighted by molar-refractivity contribution is 5.94. The fraction of sp³-hybridized carbons (Fsp3) is 0.133. The van der Waals surface area contributed by atoms with E-state index in [-0.39, 0.29) is 17.1 Å². The van der Waals surface area contributed by atoms with E-state index < -0.39 is 22.8 Å². The Morgan fingerprint density at radius 2 is 2.00 bits per heavy atom. The van der Waals surface area contributed by atoms with Gasteiger partial charge in [-0.05, 0) is 25.1 Å². The second-order valence-corrected chi connectivity index (χ2v) is 4.49. The Morgan fingerprint density at radius 1 is 1.27 bits per heavy atom. The summed E-state index contributed by atoms with van der Waals surface area (Å²) in [7, 11) is 0.